The monoisotopic (exact) mass is 238 g/mol. The Labute approximate surface area is 88.4 Å². The van der Waals surface area contributed by atoms with Gasteiger partial charge in [0.25, 0.3) is 0 Å². The first-order valence-electron chi connectivity index (χ1n) is 4.26. The van der Waals surface area contributed by atoms with Crippen LogP contribution in [0.4, 0.5) is 0 Å². The molecule has 0 saturated heterocycles. The summed E-state index contributed by atoms with van der Waals surface area (Å²) in [4.78, 5) is 21.9. The predicted octanol–water partition coefficient (Wildman–Crippen LogP) is 0.995. The third kappa shape index (κ3) is 5.67. The lowest BCUT2D eigenvalue weighted by atomic mass is 10.2. The van der Waals surface area contributed by atoms with Crippen molar-refractivity contribution in [3.63, 3.8) is 0 Å². The van der Waals surface area contributed by atoms with Crippen LogP contribution in [-0.4, -0.2) is 39.2 Å². The Balaban J connectivity index is 4.00. The van der Waals surface area contributed by atoms with Gasteiger partial charge in [0.05, 0.1) is 13.3 Å². The first-order chi connectivity index (χ1) is 6.97. The van der Waals surface area contributed by atoms with Gasteiger partial charge in [0.15, 0.2) is 0 Å². The average Bonchev–Trinajstić information content (AvgIpc) is 2.25. The number of methoxy groups -OCH3 is 1. The number of carbonyl (C=O) groups is 2. The second-order valence-corrected chi connectivity index (χ2v) is 5.14. The third-order valence-electron chi connectivity index (χ3n) is 1.79. The van der Waals surface area contributed by atoms with E-state index in [1.165, 1.54) is 21.3 Å². The molecule has 0 unspecified atom stereocenters. The highest BCUT2D eigenvalue weighted by atomic mass is 31.2. The van der Waals surface area contributed by atoms with Gasteiger partial charge in [-0.1, -0.05) is 0 Å². The van der Waals surface area contributed by atoms with Crippen LogP contribution < -0.4 is 0 Å². The summed E-state index contributed by atoms with van der Waals surface area (Å²) < 4.78 is 25.1. The van der Waals surface area contributed by atoms with Crippen molar-refractivity contribution in [2.75, 3.05) is 27.5 Å². The summed E-state index contributed by atoms with van der Waals surface area (Å²) in [7, 11) is 0.530. The molecule has 0 radical (unpaired) electrons. The molecule has 0 saturated carbocycles. The van der Waals surface area contributed by atoms with Gasteiger partial charge in [0.1, 0.15) is 12.2 Å². The van der Waals surface area contributed by atoms with Crippen LogP contribution in [-0.2, 0) is 27.9 Å². The van der Waals surface area contributed by atoms with E-state index in [2.05, 4.69) is 13.8 Å². The van der Waals surface area contributed by atoms with Gasteiger partial charge in [0.2, 0.25) is 0 Å². The van der Waals surface area contributed by atoms with Gasteiger partial charge in [-0.3, -0.25) is 14.2 Å². The SMILES string of the molecule is COC(=O)CC(=O)CCP(=O)(OC)OC. The van der Waals surface area contributed by atoms with Crippen molar-refractivity contribution in [2.24, 2.45) is 0 Å². The molecule has 0 aromatic rings. The van der Waals surface area contributed by atoms with Crippen molar-refractivity contribution in [3.05, 3.63) is 0 Å². The van der Waals surface area contributed by atoms with Gasteiger partial charge in [-0.15, -0.1) is 0 Å². The molecule has 0 aromatic carbocycles. The smallest absolute Gasteiger partial charge is 0.330 e. The molecule has 6 nitrogen and oxygen atoms in total. The molecule has 0 heterocycles. The minimum Gasteiger partial charge on any atom is -0.469 e. The minimum atomic E-state index is -3.16. The Bertz CT molecular complexity index is 266. The van der Waals surface area contributed by atoms with Gasteiger partial charge >= 0.3 is 13.6 Å². The lowest BCUT2D eigenvalue weighted by Gasteiger charge is -2.12. The number of ketones is 1. The van der Waals surface area contributed by atoms with E-state index in [9.17, 15) is 14.2 Å². The summed E-state index contributed by atoms with van der Waals surface area (Å²) in [6, 6.07) is 0. The normalized spacial score (nSPS) is 11.1. The van der Waals surface area contributed by atoms with Crippen LogP contribution in [0.3, 0.4) is 0 Å². The van der Waals surface area contributed by atoms with Crippen LogP contribution in [0.5, 0.6) is 0 Å². The second-order valence-electron chi connectivity index (χ2n) is 2.74. The van der Waals surface area contributed by atoms with Crippen molar-refractivity contribution >= 4 is 19.3 Å². The van der Waals surface area contributed by atoms with Crippen LogP contribution in [0.15, 0.2) is 0 Å². The van der Waals surface area contributed by atoms with E-state index < -0.39 is 13.6 Å². The molecule has 7 heteroatoms. The molecular formula is C8H15O6P. The highest BCUT2D eigenvalue weighted by Crippen LogP contribution is 2.46. The summed E-state index contributed by atoms with van der Waals surface area (Å²) in [6.07, 6.45) is -0.381. The maximum atomic E-state index is 11.5. The second kappa shape index (κ2) is 6.71. The lowest BCUT2D eigenvalue weighted by Crippen LogP contribution is -2.11. The highest BCUT2D eigenvalue weighted by Gasteiger charge is 2.22. The van der Waals surface area contributed by atoms with E-state index in [0.717, 1.165) is 0 Å². The fraction of sp³-hybridized carbons (Fsp3) is 0.750. The summed E-state index contributed by atoms with van der Waals surface area (Å²) in [5, 5.41) is 0. The maximum absolute atomic E-state index is 11.5. The lowest BCUT2D eigenvalue weighted by molar-refractivity contribution is -0.143. The molecular weight excluding hydrogens is 223 g/mol. The van der Waals surface area contributed by atoms with Crippen molar-refractivity contribution < 1.29 is 27.9 Å². The largest absolute Gasteiger partial charge is 0.469 e. The van der Waals surface area contributed by atoms with Gasteiger partial charge < -0.3 is 13.8 Å². The number of carbonyl (C=O) groups excluding carboxylic acids is 2. The number of rotatable bonds is 7. The van der Waals surface area contributed by atoms with Crippen LogP contribution in [0.1, 0.15) is 12.8 Å². The molecule has 0 fully saturated rings. The van der Waals surface area contributed by atoms with Crippen LogP contribution in [0.2, 0.25) is 0 Å². The zero-order valence-corrected chi connectivity index (χ0v) is 9.91. The maximum Gasteiger partial charge on any atom is 0.330 e. The molecule has 0 spiro atoms. The van der Waals surface area contributed by atoms with Crippen molar-refractivity contribution in [2.45, 2.75) is 12.8 Å². The molecule has 0 atom stereocenters. The summed E-state index contributed by atoms with van der Waals surface area (Å²) in [5.74, 6) is -0.958. The Hall–Kier alpha value is -0.710. The average molecular weight is 238 g/mol. The number of Topliss-reactive ketones (excluding diaryl/α,β-unsaturated/α-hetero) is 1. The summed E-state index contributed by atoms with van der Waals surface area (Å²) in [5.41, 5.74) is 0. The first-order valence-corrected chi connectivity index (χ1v) is 5.99. The van der Waals surface area contributed by atoms with E-state index in [4.69, 9.17) is 0 Å². The molecule has 0 amide bonds. The molecule has 88 valence electrons. The predicted molar refractivity (Wildman–Crippen MR) is 52.7 cm³/mol. The highest BCUT2D eigenvalue weighted by molar-refractivity contribution is 7.53. The molecule has 0 bridgehead atoms. The zero-order chi connectivity index (χ0) is 11.9. The number of hydrogen-bond acceptors (Lipinski definition) is 6. The fourth-order valence-electron chi connectivity index (χ4n) is 0.840. The Morgan fingerprint density at radius 2 is 1.67 bits per heavy atom. The van der Waals surface area contributed by atoms with Gasteiger partial charge in [0, 0.05) is 20.6 Å². The van der Waals surface area contributed by atoms with Gasteiger partial charge in [-0.05, 0) is 0 Å². The van der Waals surface area contributed by atoms with Gasteiger partial charge in [-0.25, -0.2) is 0 Å². The van der Waals surface area contributed by atoms with Crippen molar-refractivity contribution in [1.29, 1.82) is 0 Å². The summed E-state index contributed by atoms with van der Waals surface area (Å²) >= 11 is 0. The molecule has 0 aliphatic carbocycles. The van der Waals surface area contributed by atoms with Crippen molar-refractivity contribution in [3.8, 4) is 0 Å². The van der Waals surface area contributed by atoms with E-state index in [1.807, 2.05) is 0 Å². The van der Waals surface area contributed by atoms with Crippen molar-refractivity contribution in [1.82, 2.24) is 0 Å². The molecule has 0 rings (SSSR count). The summed E-state index contributed by atoms with van der Waals surface area (Å²) in [6.45, 7) is 0. The third-order valence-corrected chi connectivity index (χ3v) is 3.67. The Morgan fingerprint density at radius 1 is 1.13 bits per heavy atom. The minimum absolute atomic E-state index is 0.0319. The molecule has 0 N–H and O–H groups in total. The standard InChI is InChI=1S/C8H15O6P/c1-12-8(10)6-7(9)4-5-15(11,13-2)14-3/h4-6H2,1-3H3. The molecule has 0 aliphatic heterocycles. The quantitative estimate of drug-likeness (QED) is 0.374. The van der Waals surface area contributed by atoms with E-state index in [1.54, 1.807) is 0 Å². The first kappa shape index (κ1) is 14.3. The number of ether oxygens (including phenoxy) is 1. The molecule has 0 aromatic heterocycles. The fourth-order valence-corrected chi connectivity index (χ4v) is 1.88. The zero-order valence-electron chi connectivity index (χ0n) is 9.02. The van der Waals surface area contributed by atoms with Crippen LogP contribution in [0.25, 0.3) is 0 Å². The van der Waals surface area contributed by atoms with E-state index in [-0.39, 0.29) is 24.8 Å². The van der Waals surface area contributed by atoms with Gasteiger partial charge in [-0.2, -0.15) is 0 Å². The topological polar surface area (TPSA) is 78.9 Å². The van der Waals surface area contributed by atoms with Crippen LogP contribution >= 0.6 is 7.60 Å². The number of hydrogen-bond donors (Lipinski definition) is 0. The van der Waals surface area contributed by atoms with E-state index >= 15 is 0 Å². The number of esters is 1. The Kier molecular flexibility index (Phi) is 6.40. The molecule has 0 aliphatic rings. The molecule has 15 heavy (non-hydrogen) atoms. The van der Waals surface area contributed by atoms with E-state index in [0.29, 0.717) is 0 Å². The van der Waals surface area contributed by atoms with Crippen LogP contribution in [0, 0.1) is 0 Å². The Morgan fingerprint density at radius 3 is 2.07 bits per heavy atom.